The van der Waals surface area contributed by atoms with E-state index in [4.69, 9.17) is 9.47 Å². The maximum atomic E-state index is 6.02. The summed E-state index contributed by atoms with van der Waals surface area (Å²) in [5, 5.41) is 3.56. The monoisotopic (exact) mass is 291 g/mol. The fourth-order valence-electron chi connectivity index (χ4n) is 2.35. The molecule has 0 bridgehead atoms. The van der Waals surface area contributed by atoms with Crippen molar-refractivity contribution in [2.24, 2.45) is 0 Å². The number of methoxy groups -OCH3 is 1. The van der Waals surface area contributed by atoms with Crippen molar-refractivity contribution in [3.05, 3.63) is 29.3 Å². The van der Waals surface area contributed by atoms with Gasteiger partial charge in [0.1, 0.15) is 5.75 Å². The van der Waals surface area contributed by atoms with Crippen molar-refractivity contribution in [2.75, 3.05) is 20.3 Å². The summed E-state index contributed by atoms with van der Waals surface area (Å²) in [6.45, 7) is 9.07. The van der Waals surface area contributed by atoms with E-state index in [0.29, 0.717) is 6.61 Å². The predicted octanol–water partition coefficient (Wildman–Crippen LogP) is 3.65. The summed E-state index contributed by atoms with van der Waals surface area (Å²) in [6.07, 6.45) is 3.56. The van der Waals surface area contributed by atoms with Gasteiger partial charge in [-0.3, -0.25) is 0 Å². The Morgan fingerprint density at radius 1 is 1.19 bits per heavy atom. The Hall–Kier alpha value is -1.06. The standard InChI is InChI=1S/C18H29NO2/c1-18(2,3)16-9-6-14(13-19-15-7-8-15)12-17(16)21-11-5-10-20-4/h6,9,12,15,19H,5,7-8,10-11,13H2,1-4H3. The summed E-state index contributed by atoms with van der Waals surface area (Å²) in [4.78, 5) is 0. The molecule has 1 aromatic carbocycles. The zero-order valence-corrected chi connectivity index (χ0v) is 13.9. The van der Waals surface area contributed by atoms with Crippen LogP contribution in [-0.4, -0.2) is 26.4 Å². The third-order valence-electron chi connectivity index (χ3n) is 3.78. The van der Waals surface area contributed by atoms with Crippen LogP contribution in [0.3, 0.4) is 0 Å². The van der Waals surface area contributed by atoms with Gasteiger partial charge in [0.15, 0.2) is 0 Å². The summed E-state index contributed by atoms with van der Waals surface area (Å²) in [6, 6.07) is 7.37. The first-order chi connectivity index (χ1) is 10.0. The van der Waals surface area contributed by atoms with Gasteiger partial charge < -0.3 is 14.8 Å². The highest BCUT2D eigenvalue weighted by molar-refractivity contribution is 5.41. The van der Waals surface area contributed by atoms with E-state index in [0.717, 1.165) is 31.4 Å². The Morgan fingerprint density at radius 2 is 1.95 bits per heavy atom. The quantitative estimate of drug-likeness (QED) is 0.742. The molecule has 1 N–H and O–H groups in total. The second-order valence-corrected chi connectivity index (χ2v) is 6.93. The molecule has 0 amide bonds. The van der Waals surface area contributed by atoms with Gasteiger partial charge in [0.25, 0.3) is 0 Å². The lowest BCUT2D eigenvalue weighted by atomic mass is 9.86. The molecule has 118 valence electrons. The number of hydrogen-bond donors (Lipinski definition) is 1. The minimum absolute atomic E-state index is 0.0963. The Balaban J connectivity index is 2.04. The van der Waals surface area contributed by atoms with Crippen molar-refractivity contribution < 1.29 is 9.47 Å². The summed E-state index contributed by atoms with van der Waals surface area (Å²) in [5.41, 5.74) is 2.67. The Bertz CT molecular complexity index is 447. The number of hydrogen-bond acceptors (Lipinski definition) is 3. The topological polar surface area (TPSA) is 30.5 Å². The molecule has 0 aliphatic heterocycles. The van der Waals surface area contributed by atoms with Gasteiger partial charge in [-0.1, -0.05) is 32.9 Å². The third kappa shape index (κ3) is 5.33. The van der Waals surface area contributed by atoms with Gasteiger partial charge in [0, 0.05) is 32.7 Å². The number of ether oxygens (including phenoxy) is 2. The highest BCUT2D eigenvalue weighted by Crippen LogP contribution is 2.32. The molecular weight excluding hydrogens is 262 g/mol. The molecule has 3 nitrogen and oxygen atoms in total. The van der Waals surface area contributed by atoms with Crippen LogP contribution in [0.4, 0.5) is 0 Å². The van der Waals surface area contributed by atoms with Gasteiger partial charge in [0.05, 0.1) is 6.61 Å². The molecule has 0 aromatic heterocycles. The van der Waals surface area contributed by atoms with Crippen LogP contribution >= 0.6 is 0 Å². The van der Waals surface area contributed by atoms with Crippen molar-refractivity contribution in [3.63, 3.8) is 0 Å². The maximum Gasteiger partial charge on any atom is 0.123 e. The molecule has 1 aliphatic rings. The second kappa shape index (κ2) is 7.28. The fraction of sp³-hybridized carbons (Fsp3) is 0.667. The van der Waals surface area contributed by atoms with E-state index < -0.39 is 0 Å². The number of rotatable bonds is 8. The van der Waals surface area contributed by atoms with Crippen LogP contribution in [0.25, 0.3) is 0 Å². The SMILES string of the molecule is COCCCOc1cc(CNC2CC2)ccc1C(C)(C)C. The molecule has 0 heterocycles. The van der Waals surface area contributed by atoms with Gasteiger partial charge >= 0.3 is 0 Å². The molecule has 3 heteroatoms. The molecule has 2 rings (SSSR count). The van der Waals surface area contributed by atoms with Crippen LogP contribution < -0.4 is 10.1 Å². The highest BCUT2D eigenvalue weighted by atomic mass is 16.5. The van der Waals surface area contributed by atoms with Gasteiger partial charge in [-0.25, -0.2) is 0 Å². The maximum absolute atomic E-state index is 6.02. The fourth-order valence-corrected chi connectivity index (χ4v) is 2.35. The first-order valence-corrected chi connectivity index (χ1v) is 7.99. The predicted molar refractivity (Wildman–Crippen MR) is 87.0 cm³/mol. The molecule has 0 atom stereocenters. The molecule has 0 radical (unpaired) electrons. The van der Waals surface area contributed by atoms with Crippen LogP contribution in [0.15, 0.2) is 18.2 Å². The third-order valence-corrected chi connectivity index (χ3v) is 3.78. The smallest absolute Gasteiger partial charge is 0.123 e. The van der Waals surface area contributed by atoms with E-state index in [1.54, 1.807) is 7.11 Å². The average molecular weight is 291 g/mol. The van der Waals surface area contributed by atoms with Crippen molar-refractivity contribution in [2.45, 2.75) is 58.0 Å². The van der Waals surface area contributed by atoms with Gasteiger partial charge in [-0.05, 0) is 35.4 Å². The van der Waals surface area contributed by atoms with Gasteiger partial charge in [-0.2, -0.15) is 0 Å². The molecule has 0 spiro atoms. The molecule has 1 aliphatic carbocycles. The van der Waals surface area contributed by atoms with Crippen molar-refractivity contribution in [1.82, 2.24) is 5.32 Å². The highest BCUT2D eigenvalue weighted by Gasteiger charge is 2.22. The first-order valence-electron chi connectivity index (χ1n) is 7.99. The van der Waals surface area contributed by atoms with Crippen molar-refractivity contribution in [1.29, 1.82) is 0 Å². The molecular formula is C18H29NO2. The van der Waals surface area contributed by atoms with Crippen LogP contribution in [0.2, 0.25) is 0 Å². The minimum atomic E-state index is 0.0963. The van der Waals surface area contributed by atoms with E-state index in [9.17, 15) is 0 Å². The lowest BCUT2D eigenvalue weighted by Gasteiger charge is -2.23. The summed E-state index contributed by atoms with van der Waals surface area (Å²) in [7, 11) is 1.73. The van der Waals surface area contributed by atoms with E-state index in [1.165, 1.54) is 24.0 Å². The Morgan fingerprint density at radius 3 is 2.57 bits per heavy atom. The zero-order valence-electron chi connectivity index (χ0n) is 13.9. The van der Waals surface area contributed by atoms with Crippen LogP contribution in [-0.2, 0) is 16.7 Å². The molecule has 0 unspecified atom stereocenters. The van der Waals surface area contributed by atoms with Gasteiger partial charge in [-0.15, -0.1) is 0 Å². The van der Waals surface area contributed by atoms with Crippen LogP contribution in [0.1, 0.15) is 51.2 Å². The molecule has 1 saturated carbocycles. The Kier molecular flexibility index (Phi) is 5.65. The van der Waals surface area contributed by atoms with E-state index in [1.807, 2.05) is 0 Å². The lowest BCUT2D eigenvalue weighted by Crippen LogP contribution is -2.17. The van der Waals surface area contributed by atoms with Crippen LogP contribution in [0.5, 0.6) is 5.75 Å². The molecule has 1 fully saturated rings. The van der Waals surface area contributed by atoms with E-state index in [-0.39, 0.29) is 5.41 Å². The average Bonchev–Trinajstić information content (AvgIpc) is 3.24. The zero-order chi connectivity index (χ0) is 15.3. The number of benzene rings is 1. The molecule has 21 heavy (non-hydrogen) atoms. The normalized spacial score (nSPS) is 15.2. The van der Waals surface area contributed by atoms with Gasteiger partial charge in [0.2, 0.25) is 0 Å². The second-order valence-electron chi connectivity index (χ2n) is 6.93. The summed E-state index contributed by atoms with van der Waals surface area (Å²) >= 11 is 0. The summed E-state index contributed by atoms with van der Waals surface area (Å²) in [5.74, 6) is 1.02. The van der Waals surface area contributed by atoms with Crippen molar-refractivity contribution in [3.8, 4) is 5.75 Å². The number of nitrogens with one attached hydrogen (secondary N) is 1. The first kappa shape index (κ1) is 16.3. The largest absolute Gasteiger partial charge is 0.493 e. The lowest BCUT2D eigenvalue weighted by molar-refractivity contribution is 0.171. The van der Waals surface area contributed by atoms with E-state index >= 15 is 0 Å². The Labute approximate surface area is 129 Å². The molecule has 0 saturated heterocycles. The van der Waals surface area contributed by atoms with E-state index in [2.05, 4.69) is 44.3 Å². The van der Waals surface area contributed by atoms with Crippen LogP contribution in [0, 0.1) is 0 Å². The molecule has 1 aromatic rings. The van der Waals surface area contributed by atoms with Crippen molar-refractivity contribution >= 4 is 0 Å². The minimum Gasteiger partial charge on any atom is -0.493 e. The summed E-state index contributed by atoms with van der Waals surface area (Å²) < 4.78 is 11.1.